The summed E-state index contributed by atoms with van der Waals surface area (Å²) in [4.78, 5) is 12.7. The highest BCUT2D eigenvalue weighted by Crippen LogP contribution is 2.40. The van der Waals surface area contributed by atoms with Crippen LogP contribution in [0.3, 0.4) is 0 Å². The van der Waals surface area contributed by atoms with E-state index in [2.05, 4.69) is 20.7 Å². The molecule has 0 fully saturated rings. The van der Waals surface area contributed by atoms with Crippen LogP contribution in [0, 0.1) is 5.82 Å². The molecule has 0 atom stereocenters. The van der Waals surface area contributed by atoms with Gasteiger partial charge in [0.2, 0.25) is 9.84 Å². The van der Waals surface area contributed by atoms with Crippen molar-refractivity contribution in [3.8, 4) is 0 Å². The van der Waals surface area contributed by atoms with Crippen molar-refractivity contribution in [3.63, 3.8) is 0 Å². The molecule has 24 heavy (non-hydrogen) atoms. The molecule has 0 unspecified atom stereocenters. The molecule has 0 radical (unpaired) electrons. The summed E-state index contributed by atoms with van der Waals surface area (Å²) in [6, 6.07) is 10.2. The van der Waals surface area contributed by atoms with Crippen LogP contribution in [0.15, 0.2) is 62.9 Å². The van der Waals surface area contributed by atoms with E-state index in [9.17, 15) is 17.6 Å². The van der Waals surface area contributed by atoms with E-state index in [1.807, 2.05) is 0 Å². The number of anilines is 2. The van der Waals surface area contributed by atoms with Crippen LogP contribution in [-0.2, 0) is 19.4 Å². The molecule has 0 amide bonds. The number of fused-ring (bicyclic) bond motifs is 1. The van der Waals surface area contributed by atoms with Gasteiger partial charge in [0.1, 0.15) is 5.82 Å². The van der Waals surface area contributed by atoms with Gasteiger partial charge in [-0.2, -0.15) is 0 Å². The van der Waals surface area contributed by atoms with Crippen molar-refractivity contribution in [2.75, 3.05) is 12.0 Å². The van der Waals surface area contributed by atoms with Gasteiger partial charge in [-0.05, 0) is 42.5 Å². The monoisotopic (exact) mass is 411 g/mol. The Bertz CT molecular complexity index is 955. The number of methoxy groups -OCH3 is 1. The third-order valence-corrected chi connectivity index (χ3v) is 5.80. The Morgan fingerprint density at radius 1 is 1.17 bits per heavy atom. The average Bonchev–Trinajstić information content (AvgIpc) is 2.55. The molecule has 0 aromatic heterocycles. The minimum Gasteiger partial charge on any atom is -0.465 e. The second-order valence-electron chi connectivity index (χ2n) is 4.95. The van der Waals surface area contributed by atoms with Gasteiger partial charge in [0.15, 0.2) is 4.91 Å². The Morgan fingerprint density at radius 2 is 1.83 bits per heavy atom. The number of ether oxygens (including phenoxy) is 1. The molecular weight excluding hydrogens is 401 g/mol. The van der Waals surface area contributed by atoms with Gasteiger partial charge in [-0.1, -0.05) is 15.9 Å². The molecule has 2 aromatic carbocycles. The summed E-state index contributed by atoms with van der Waals surface area (Å²) in [5, 5.41) is 0. The highest BCUT2D eigenvalue weighted by atomic mass is 79.9. The van der Waals surface area contributed by atoms with Crippen molar-refractivity contribution in [3.05, 3.63) is 63.9 Å². The fourth-order valence-electron chi connectivity index (χ4n) is 2.36. The summed E-state index contributed by atoms with van der Waals surface area (Å²) in [6.07, 6.45) is 1.15. The van der Waals surface area contributed by atoms with Crippen molar-refractivity contribution in [1.82, 2.24) is 0 Å². The lowest BCUT2D eigenvalue weighted by atomic mass is 10.2. The van der Waals surface area contributed by atoms with Crippen LogP contribution < -0.4 is 4.90 Å². The Kier molecular flexibility index (Phi) is 4.18. The van der Waals surface area contributed by atoms with Crippen LogP contribution in [-0.4, -0.2) is 21.5 Å². The van der Waals surface area contributed by atoms with Gasteiger partial charge in [-0.25, -0.2) is 17.6 Å². The van der Waals surface area contributed by atoms with Crippen molar-refractivity contribution in [2.45, 2.75) is 4.90 Å². The first-order valence-corrected chi connectivity index (χ1v) is 9.02. The van der Waals surface area contributed by atoms with Crippen molar-refractivity contribution >= 4 is 43.1 Å². The zero-order chi connectivity index (χ0) is 17.5. The first-order chi connectivity index (χ1) is 11.3. The number of halogens is 2. The van der Waals surface area contributed by atoms with E-state index >= 15 is 0 Å². The van der Waals surface area contributed by atoms with Crippen LogP contribution >= 0.6 is 15.9 Å². The molecule has 3 rings (SSSR count). The second-order valence-corrected chi connectivity index (χ2v) is 7.75. The largest absolute Gasteiger partial charge is 0.465 e. The molecule has 1 aliphatic rings. The fraction of sp³-hybridized carbons (Fsp3) is 0.0625. The number of rotatable bonds is 2. The number of esters is 1. The lowest BCUT2D eigenvalue weighted by Gasteiger charge is -2.28. The molecule has 1 heterocycles. The number of carbonyl (C=O) groups excluding carboxylic acids is 1. The third-order valence-electron chi connectivity index (χ3n) is 3.50. The Morgan fingerprint density at radius 3 is 2.46 bits per heavy atom. The van der Waals surface area contributed by atoms with Crippen LogP contribution in [0.1, 0.15) is 0 Å². The molecule has 0 bridgehead atoms. The quantitative estimate of drug-likeness (QED) is 0.558. The molecule has 2 aromatic rings. The van der Waals surface area contributed by atoms with Gasteiger partial charge >= 0.3 is 5.97 Å². The fourth-order valence-corrected chi connectivity index (χ4v) is 4.09. The highest BCUT2D eigenvalue weighted by molar-refractivity contribution is 9.10. The Labute approximate surface area is 146 Å². The lowest BCUT2D eigenvalue weighted by molar-refractivity contribution is -0.135. The van der Waals surface area contributed by atoms with E-state index in [4.69, 9.17) is 0 Å². The predicted molar refractivity (Wildman–Crippen MR) is 90.0 cm³/mol. The van der Waals surface area contributed by atoms with Gasteiger partial charge in [0, 0.05) is 16.4 Å². The molecule has 0 N–H and O–H groups in total. The van der Waals surface area contributed by atoms with E-state index in [0.717, 1.165) is 36.0 Å². The zero-order valence-corrected chi connectivity index (χ0v) is 14.8. The van der Waals surface area contributed by atoms with E-state index < -0.39 is 26.5 Å². The number of hydrogen-bond donors (Lipinski definition) is 0. The van der Waals surface area contributed by atoms with Crippen LogP contribution in [0.4, 0.5) is 15.8 Å². The SMILES string of the molecule is COC(=O)C1=CN(c2ccc(Br)cc2)c2cc(F)ccc2S1(=O)=O. The van der Waals surface area contributed by atoms with E-state index in [-0.39, 0.29) is 10.6 Å². The first kappa shape index (κ1) is 16.7. The molecule has 1 aliphatic heterocycles. The maximum absolute atomic E-state index is 13.7. The molecule has 124 valence electrons. The first-order valence-electron chi connectivity index (χ1n) is 6.74. The number of hydrogen-bond acceptors (Lipinski definition) is 5. The summed E-state index contributed by atoms with van der Waals surface area (Å²) in [6.45, 7) is 0. The van der Waals surface area contributed by atoms with E-state index in [1.165, 1.54) is 4.90 Å². The van der Waals surface area contributed by atoms with E-state index in [0.29, 0.717) is 5.69 Å². The van der Waals surface area contributed by atoms with Crippen LogP contribution in [0.2, 0.25) is 0 Å². The number of carbonyl (C=O) groups is 1. The third kappa shape index (κ3) is 2.71. The summed E-state index contributed by atoms with van der Waals surface area (Å²) >= 11 is 3.31. The van der Waals surface area contributed by atoms with Gasteiger partial charge in [0.05, 0.1) is 17.7 Å². The Balaban J connectivity index is 2.28. The highest BCUT2D eigenvalue weighted by Gasteiger charge is 2.36. The smallest absolute Gasteiger partial charge is 0.351 e. The second kappa shape index (κ2) is 6.03. The number of sulfone groups is 1. The van der Waals surface area contributed by atoms with Gasteiger partial charge in [0.25, 0.3) is 0 Å². The average molecular weight is 412 g/mol. The molecule has 5 nitrogen and oxygen atoms in total. The van der Waals surface area contributed by atoms with Crippen LogP contribution in [0.25, 0.3) is 0 Å². The Hall–Kier alpha value is -2.19. The zero-order valence-electron chi connectivity index (χ0n) is 12.4. The maximum atomic E-state index is 13.7. The molecule has 0 aliphatic carbocycles. The standard InChI is InChI=1S/C16H11BrFNO4S/c1-23-16(20)15-9-19(12-5-2-10(17)3-6-12)13-8-11(18)4-7-14(13)24(15,21)22/h2-9H,1H3. The molecule has 0 saturated heterocycles. The predicted octanol–water partition coefficient (Wildman–Crippen LogP) is 3.53. The van der Waals surface area contributed by atoms with E-state index in [1.54, 1.807) is 24.3 Å². The van der Waals surface area contributed by atoms with Crippen molar-refractivity contribution in [1.29, 1.82) is 0 Å². The molecular formula is C16H11BrFNO4S. The van der Waals surface area contributed by atoms with Gasteiger partial charge in [-0.15, -0.1) is 0 Å². The summed E-state index contributed by atoms with van der Waals surface area (Å²) in [5.41, 5.74) is 0.700. The van der Waals surface area contributed by atoms with Crippen LogP contribution in [0.5, 0.6) is 0 Å². The lowest BCUT2D eigenvalue weighted by Crippen LogP contribution is -2.26. The number of nitrogens with zero attached hydrogens (tertiary/aromatic N) is 1. The minimum atomic E-state index is -4.09. The van der Waals surface area contributed by atoms with Gasteiger partial charge in [-0.3, -0.25) is 0 Å². The minimum absolute atomic E-state index is 0.130. The van der Waals surface area contributed by atoms with Crippen molar-refractivity contribution < 1.29 is 22.3 Å². The number of benzene rings is 2. The van der Waals surface area contributed by atoms with Crippen molar-refractivity contribution in [2.24, 2.45) is 0 Å². The topological polar surface area (TPSA) is 63.7 Å². The summed E-state index contributed by atoms with van der Waals surface area (Å²) in [5.74, 6) is -1.56. The normalized spacial score (nSPS) is 15.5. The summed E-state index contributed by atoms with van der Waals surface area (Å²) < 4.78 is 44.3. The maximum Gasteiger partial charge on any atom is 0.351 e. The van der Waals surface area contributed by atoms with Gasteiger partial charge < -0.3 is 9.64 Å². The summed E-state index contributed by atoms with van der Waals surface area (Å²) in [7, 11) is -2.99. The molecule has 0 spiro atoms. The molecule has 0 saturated carbocycles. The molecule has 8 heteroatoms.